The summed E-state index contributed by atoms with van der Waals surface area (Å²) in [5.41, 5.74) is 4.09. The summed E-state index contributed by atoms with van der Waals surface area (Å²) in [6, 6.07) is 9.11. The largest absolute Gasteiger partial charge is 0.383 e. The molecular weight excluding hydrogens is 404 g/mol. The molecule has 0 fully saturated rings. The van der Waals surface area contributed by atoms with Gasteiger partial charge in [-0.1, -0.05) is 24.3 Å². The van der Waals surface area contributed by atoms with Crippen LogP contribution in [0.5, 0.6) is 0 Å². The van der Waals surface area contributed by atoms with Gasteiger partial charge >= 0.3 is 0 Å². The van der Waals surface area contributed by atoms with Crippen molar-refractivity contribution in [2.45, 2.75) is 25.3 Å². The normalized spacial score (nSPS) is 12.1. The van der Waals surface area contributed by atoms with Crippen LogP contribution in [-0.2, 0) is 6.42 Å². The van der Waals surface area contributed by atoms with E-state index in [4.69, 9.17) is 11.6 Å². The van der Waals surface area contributed by atoms with Crippen LogP contribution in [0.4, 0.5) is 8.78 Å². The molecule has 0 spiro atoms. The van der Waals surface area contributed by atoms with Crippen LogP contribution in [0, 0.1) is 11.6 Å². The highest BCUT2D eigenvalue weighted by molar-refractivity contribution is 6.35. The fourth-order valence-corrected chi connectivity index (χ4v) is 3.81. The molecule has 3 aromatic rings. The number of aryl methyl sites for hydroxylation is 1. The molecule has 6 heteroatoms. The lowest BCUT2D eigenvalue weighted by Crippen LogP contribution is -2.29. The monoisotopic (exact) mass is 429 g/mol. The minimum absolute atomic E-state index is 0.122. The average Bonchev–Trinajstić information content (AvgIpc) is 3.08. The number of fused-ring (bicyclic) bond motifs is 1. The number of hydrogen-bond donors (Lipinski definition) is 3. The first-order valence-corrected chi connectivity index (χ1v) is 10.3. The Labute approximate surface area is 180 Å². The highest BCUT2D eigenvalue weighted by Crippen LogP contribution is 2.35. The van der Waals surface area contributed by atoms with Crippen molar-refractivity contribution in [2.24, 2.45) is 0 Å². The summed E-state index contributed by atoms with van der Waals surface area (Å²) >= 11 is 6.28. The van der Waals surface area contributed by atoms with Crippen LogP contribution in [0.3, 0.4) is 0 Å². The number of rotatable bonds is 10. The van der Waals surface area contributed by atoms with Gasteiger partial charge in [0.05, 0.1) is 10.5 Å². The molecule has 0 aliphatic heterocycles. The van der Waals surface area contributed by atoms with Gasteiger partial charge in [-0.15, -0.1) is 6.58 Å². The Bertz CT molecular complexity index is 1040. The van der Waals surface area contributed by atoms with E-state index in [1.807, 2.05) is 13.1 Å². The number of allylic oxidation sites excluding steroid dienone is 1. The number of H-pyrrole nitrogens is 1. The van der Waals surface area contributed by atoms with E-state index in [1.165, 1.54) is 24.3 Å². The van der Waals surface area contributed by atoms with E-state index in [9.17, 15) is 8.78 Å². The van der Waals surface area contributed by atoms with Gasteiger partial charge in [-0.2, -0.15) is 0 Å². The van der Waals surface area contributed by atoms with Crippen LogP contribution in [0.2, 0.25) is 5.02 Å². The lowest BCUT2D eigenvalue weighted by Gasteiger charge is -2.18. The fourth-order valence-electron chi connectivity index (χ4n) is 3.56. The summed E-state index contributed by atoms with van der Waals surface area (Å²) in [5.74, 6) is -0.704. The van der Waals surface area contributed by atoms with Gasteiger partial charge in [0.25, 0.3) is 0 Å². The van der Waals surface area contributed by atoms with Crippen LogP contribution in [0.1, 0.15) is 18.4 Å². The lowest BCUT2D eigenvalue weighted by molar-refractivity contribution is 0.580. The topological polar surface area (TPSA) is 39.8 Å². The van der Waals surface area contributed by atoms with E-state index in [-0.39, 0.29) is 11.9 Å². The van der Waals surface area contributed by atoms with Crippen LogP contribution >= 0.6 is 11.6 Å². The van der Waals surface area contributed by atoms with Crippen LogP contribution in [0.25, 0.3) is 22.2 Å². The third-order valence-electron chi connectivity index (χ3n) is 5.12. The summed E-state index contributed by atoms with van der Waals surface area (Å²) in [4.78, 5) is 3.30. The Kier molecular flexibility index (Phi) is 7.29. The standard InChI is InChI=1S/C24H26ClF2N3/c1-4-19(11-12-28-3)29-15(2)5-10-20-21-13-18(27)14-22(25)24(21)30-23(20)16-6-8-17(26)9-7-16/h4,6-9,13-14,19,28-30H,1-2,5,10-12H2,3H3. The molecule has 0 amide bonds. The number of benzene rings is 2. The van der Waals surface area contributed by atoms with E-state index in [2.05, 4.69) is 28.8 Å². The quantitative estimate of drug-likeness (QED) is 0.347. The molecule has 0 bridgehead atoms. The van der Waals surface area contributed by atoms with Gasteiger partial charge in [-0.25, -0.2) is 8.78 Å². The zero-order chi connectivity index (χ0) is 21.7. The van der Waals surface area contributed by atoms with Crippen molar-refractivity contribution in [1.29, 1.82) is 0 Å². The van der Waals surface area contributed by atoms with Gasteiger partial charge in [0, 0.05) is 22.8 Å². The molecule has 1 unspecified atom stereocenters. The van der Waals surface area contributed by atoms with Gasteiger partial charge in [0.2, 0.25) is 0 Å². The number of aromatic nitrogens is 1. The molecular formula is C24H26ClF2N3. The Hall–Kier alpha value is -2.63. The van der Waals surface area contributed by atoms with E-state index in [1.54, 1.807) is 12.1 Å². The zero-order valence-electron chi connectivity index (χ0n) is 17.0. The van der Waals surface area contributed by atoms with E-state index in [0.29, 0.717) is 23.4 Å². The van der Waals surface area contributed by atoms with Crippen molar-refractivity contribution >= 4 is 22.5 Å². The smallest absolute Gasteiger partial charge is 0.125 e. The molecule has 0 saturated heterocycles. The second-order valence-corrected chi connectivity index (χ2v) is 7.69. The highest BCUT2D eigenvalue weighted by Gasteiger charge is 2.17. The predicted molar refractivity (Wildman–Crippen MR) is 122 cm³/mol. The molecule has 1 heterocycles. The summed E-state index contributed by atoms with van der Waals surface area (Å²) < 4.78 is 27.5. The first kappa shape index (κ1) is 22.1. The molecule has 2 aromatic carbocycles. The van der Waals surface area contributed by atoms with Crippen LogP contribution in [-0.4, -0.2) is 24.6 Å². The molecule has 30 heavy (non-hydrogen) atoms. The van der Waals surface area contributed by atoms with E-state index in [0.717, 1.165) is 40.9 Å². The molecule has 1 atom stereocenters. The van der Waals surface area contributed by atoms with Gasteiger partial charge in [0.15, 0.2) is 0 Å². The van der Waals surface area contributed by atoms with Crippen molar-refractivity contribution in [2.75, 3.05) is 13.6 Å². The second kappa shape index (κ2) is 9.92. The maximum Gasteiger partial charge on any atom is 0.125 e. The van der Waals surface area contributed by atoms with Gasteiger partial charge in [-0.3, -0.25) is 0 Å². The van der Waals surface area contributed by atoms with E-state index < -0.39 is 5.82 Å². The summed E-state index contributed by atoms with van der Waals surface area (Å²) in [7, 11) is 1.91. The fraction of sp³-hybridized carbons (Fsp3) is 0.250. The first-order chi connectivity index (χ1) is 14.4. The number of halogens is 3. The molecule has 0 aliphatic carbocycles. The van der Waals surface area contributed by atoms with Gasteiger partial charge in [0.1, 0.15) is 11.6 Å². The molecule has 0 saturated carbocycles. The SMILES string of the molecule is C=CC(CCNC)NC(=C)CCc1c(-c2ccc(F)cc2)[nH]c2c(Cl)cc(F)cc12. The molecule has 3 N–H and O–H groups in total. The summed E-state index contributed by atoms with van der Waals surface area (Å²) in [5, 5.41) is 7.55. The van der Waals surface area contributed by atoms with Gasteiger partial charge in [-0.05, 0) is 80.4 Å². The molecule has 3 rings (SSSR count). The molecule has 1 aromatic heterocycles. The highest BCUT2D eigenvalue weighted by atomic mass is 35.5. The Morgan fingerprint density at radius 3 is 2.60 bits per heavy atom. The predicted octanol–water partition coefficient (Wildman–Crippen LogP) is 5.97. The number of hydrogen-bond acceptors (Lipinski definition) is 2. The minimum atomic E-state index is -0.394. The van der Waals surface area contributed by atoms with Crippen molar-refractivity contribution in [3.63, 3.8) is 0 Å². The lowest BCUT2D eigenvalue weighted by atomic mass is 10.00. The Morgan fingerprint density at radius 1 is 1.20 bits per heavy atom. The molecule has 158 valence electrons. The Morgan fingerprint density at radius 2 is 1.93 bits per heavy atom. The van der Waals surface area contributed by atoms with E-state index >= 15 is 0 Å². The third-order valence-corrected chi connectivity index (χ3v) is 5.42. The molecule has 0 radical (unpaired) electrons. The van der Waals surface area contributed by atoms with Crippen LogP contribution in [0.15, 0.2) is 61.3 Å². The van der Waals surface area contributed by atoms with Gasteiger partial charge < -0.3 is 15.6 Å². The minimum Gasteiger partial charge on any atom is -0.383 e. The van der Waals surface area contributed by atoms with Crippen molar-refractivity contribution in [3.8, 4) is 11.3 Å². The molecule has 0 aliphatic rings. The maximum absolute atomic E-state index is 14.1. The summed E-state index contributed by atoms with van der Waals surface area (Å²) in [6.45, 7) is 8.88. The second-order valence-electron chi connectivity index (χ2n) is 7.28. The molecule has 3 nitrogen and oxygen atoms in total. The summed E-state index contributed by atoms with van der Waals surface area (Å²) in [6.07, 6.45) is 4.04. The maximum atomic E-state index is 14.1. The zero-order valence-corrected chi connectivity index (χ0v) is 17.8. The number of aromatic amines is 1. The van der Waals surface area contributed by atoms with Crippen LogP contribution < -0.4 is 10.6 Å². The third kappa shape index (κ3) is 5.10. The average molecular weight is 430 g/mol. The van der Waals surface area contributed by atoms with Crippen molar-refractivity contribution in [3.05, 3.63) is 83.5 Å². The van der Waals surface area contributed by atoms with Crippen molar-refractivity contribution < 1.29 is 8.78 Å². The number of nitrogens with one attached hydrogen (secondary N) is 3. The Balaban J connectivity index is 1.89. The first-order valence-electron chi connectivity index (χ1n) is 9.90. The van der Waals surface area contributed by atoms with Crippen molar-refractivity contribution in [1.82, 2.24) is 15.6 Å².